The SMILES string of the molecule is FC(F)(F)c1ccccc1/C=N/N1CCN(Cc2ccc(Cl)cc2)CC1.[Cl-]. The van der Waals surface area contributed by atoms with Gasteiger partial charge in [-0.05, 0) is 23.8 Å². The van der Waals surface area contributed by atoms with Gasteiger partial charge in [0.1, 0.15) is 0 Å². The van der Waals surface area contributed by atoms with E-state index in [1.54, 1.807) is 6.07 Å². The topological polar surface area (TPSA) is 18.8 Å². The predicted molar refractivity (Wildman–Crippen MR) is 97.3 cm³/mol. The third-order valence-electron chi connectivity index (χ3n) is 4.29. The molecule has 3 rings (SSSR count). The standard InChI is InChI=1S/C19H19ClF3N3.ClH/c20-17-7-5-15(6-8-17)14-25-9-11-26(12-10-25)24-13-16-3-1-2-4-18(16)19(21,22)23;/h1-8,13H,9-12,14H2;1H/p-1/b24-13+;. The minimum absolute atomic E-state index is 0. The van der Waals surface area contributed by atoms with Crippen LogP contribution in [0.25, 0.3) is 0 Å². The molecule has 1 heterocycles. The van der Waals surface area contributed by atoms with E-state index in [0.29, 0.717) is 18.1 Å². The van der Waals surface area contributed by atoms with Crippen LogP contribution in [0.1, 0.15) is 16.7 Å². The second-order valence-corrected chi connectivity index (χ2v) is 6.62. The van der Waals surface area contributed by atoms with Gasteiger partial charge in [0.25, 0.3) is 0 Å². The summed E-state index contributed by atoms with van der Waals surface area (Å²) in [5.74, 6) is 0. The average molecular weight is 417 g/mol. The van der Waals surface area contributed by atoms with Gasteiger partial charge in [-0.2, -0.15) is 18.3 Å². The fourth-order valence-corrected chi connectivity index (χ4v) is 3.00. The lowest BCUT2D eigenvalue weighted by atomic mass is 10.1. The molecule has 2 aromatic carbocycles. The number of piperazine rings is 1. The first-order valence-corrected chi connectivity index (χ1v) is 8.71. The Morgan fingerprint density at radius 2 is 1.59 bits per heavy atom. The Labute approximate surface area is 167 Å². The van der Waals surface area contributed by atoms with Gasteiger partial charge < -0.3 is 12.4 Å². The summed E-state index contributed by atoms with van der Waals surface area (Å²) in [7, 11) is 0. The van der Waals surface area contributed by atoms with Crippen molar-refractivity contribution in [2.24, 2.45) is 5.10 Å². The highest BCUT2D eigenvalue weighted by Crippen LogP contribution is 2.31. The van der Waals surface area contributed by atoms with Gasteiger partial charge in [0, 0.05) is 43.3 Å². The van der Waals surface area contributed by atoms with Crippen molar-refractivity contribution in [2.45, 2.75) is 12.7 Å². The van der Waals surface area contributed by atoms with Gasteiger partial charge >= 0.3 is 6.18 Å². The Morgan fingerprint density at radius 3 is 2.22 bits per heavy atom. The third-order valence-corrected chi connectivity index (χ3v) is 4.55. The van der Waals surface area contributed by atoms with E-state index >= 15 is 0 Å². The van der Waals surface area contributed by atoms with Crippen LogP contribution in [0.2, 0.25) is 5.02 Å². The lowest BCUT2D eigenvalue weighted by Crippen LogP contribution is -3.00. The van der Waals surface area contributed by atoms with E-state index in [1.165, 1.54) is 23.9 Å². The van der Waals surface area contributed by atoms with E-state index in [0.717, 1.165) is 25.7 Å². The molecule has 0 N–H and O–H groups in total. The molecule has 0 aromatic heterocycles. The van der Waals surface area contributed by atoms with Crippen LogP contribution >= 0.6 is 11.6 Å². The first-order chi connectivity index (χ1) is 12.4. The maximum Gasteiger partial charge on any atom is 0.417 e. The van der Waals surface area contributed by atoms with Crippen molar-refractivity contribution < 1.29 is 25.6 Å². The number of alkyl halides is 3. The maximum atomic E-state index is 13.0. The van der Waals surface area contributed by atoms with E-state index in [9.17, 15) is 13.2 Å². The van der Waals surface area contributed by atoms with E-state index < -0.39 is 11.7 Å². The third kappa shape index (κ3) is 6.13. The highest BCUT2D eigenvalue weighted by atomic mass is 35.5. The molecule has 0 bridgehead atoms. The molecule has 0 radical (unpaired) electrons. The smallest absolute Gasteiger partial charge is 0.417 e. The van der Waals surface area contributed by atoms with Crippen molar-refractivity contribution >= 4 is 17.8 Å². The second kappa shape index (κ2) is 9.44. The Morgan fingerprint density at radius 1 is 0.963 bits per heavy atom. The molecule has 1 aliphatic heterocycles. The number of halogens is 5. The molecule has 0 spiro atoms. The molecule has 0 aliphatic carbocycles. The molecule has 1 aliphatic rings. The Balaban J connectivity index is 0.00000261. The van der Waals surface area contributed by atoms with E-state index in [1.807, 2.05) is 29.3 Å². The molecule has 0 amide bonds. The van der Waals surface area contributed by atoms with E-state index in [2.05, 4.69) is 10.0 Å². The summed E-state index contributed by atoms with van der Waals surface area (Å²) < 4.78 is 39.0. The highest BCUT2D eigenvalue weighted by Gasteiger charge is 2.32. The number of benzene rings is 2. The van der Waals surface area contributed by atoms with Crippen LogP contribution in [0.4, 0.5) is 13.2 Å². The van der Waals surface area contributed by atoms with Crippen LogP contribution in [0.15, 0.2) is 53.6 Å². The largest absolute Gasteiger partial charge is 1.00 e. The Kier molecular flexibility index (Phi) is 7.53. The monoisotopic (exact) mass is 416 g/mol. The number of hydrogen-bond donors (Lipinski definition) is 0. The minimum atomic E-state index is -4.38. The molecular weight excluding hydrogens is 398 g/mol. The molecule has 8 heteroatoms. The van der Waals surface area contributed by atoms with Gasteiger partial charge in [-0.15, -0.1) is 0 Å². The normalized spacial score (nSPS) is 15.8. The van der Waals surface area contributed by atoms with E-state index in [4.69, 9.17) is 11.6 Å². The molecule has 146 valence electrons. The Hall–Kier alpha value is -1.76. The van der Waals surface area contributed by atoms with Crippen molar-refractivity contribution in [1.82, 2.24) is 9.91 Å². The van der Waals surface area contributed by atoms with Crippen LogP contribution in [0.5, 0.6) is 0 Å². The van der Waals surface area contributed by atoms with Crippen molar-refractivity contribution in [3.05, 3.63) is 70.2 Å². The maximum absolute atomic E-state index is 13.0. The molecule has 1 saturated heterocycles. The van der Waals surface area contributed by atoms with E-state index in [-0.39, 0.29) is 18.0 Å². The molecular formula is C19H19Cl2F3N3-. The zero-order chi connectivity index (χ0) is 18.6. The first-order valence-electron chi connectivity index (χ1n) is 8.34. The Bertz CT molecular complexity index is 756. The molecule has 0 unspecified atom stereocenters. The quantitative estimate of drug-likeness (QED) is 0.703. The first kappa shape index (κ1) is 21.5. The van der Waals surface area contributed by atoms with Crippen molar-refractivity contribution in [2.75, 3.05) is 26.2 Å². The summed E-state index contributed by atoms with van der Waals surface area (Å²) in [5, 5.41) is 6.77. The van der Waals surface area contributed by atoms with Gasteiger partial charge in [0.05, 0.1) is 11.8 Å². The second-order valence-electron chi connectivity index (χ2n) is 6.19. The number of hydrogen-bond acceptors (Lipinski definition) is 3. The van der Waals surface area contributed by atoms with Crippen molar-refractivity contribution in [1.29, 1.82) is 0 Å². The number of nitrogens with zero attached hydrogens (tertiary/aromatic N) is 3. The number of rotatable bonds is 4. The molecule has 0 saturated carbocycles. The predicted octanol–water partition coefficient (Wildman–Crippen LogP) is 1.51. The zero-order valence-electron chi connectivity index (χ0n) is 14.5. The zero-order valence-corrected chi connectivity index (χ0v) is 16.0. The lowest BCUT2D eigenvalue weighted by molar-refractivity contribution is -0.137. The van der Waals surface area contributed by atoms with Gasteiger partial charge in [-0.1, -0.05) is 41.9 Å². The van der Waals surface area contributed by atoms with Crippen LogP contribution in [0, 0.1) is 0 Å². The van der Waals surface area contributed by atoms with Gasteiger partial charge in [0.2, 0.25) is 0 Å². The van der Waals surface area contributed by atoms with Crippen LogP contribution < -0.4 is 12.4 Å². The fraction of sp³-hybridized carbons (Fsp3) is 0.316. The lowest BCUT2D eigenvalue weighted by Gasteiger charge is -2.33. The summed E-state index contributed by atoms with van der Waals surface area (Å²) in [6.07, 6.45) is -3.07. The average Bonchev–Trinajstić information content (AvgIpc) is 2.62. The molecule has 27 heavy (non-hydrogen) atoms. The summed E-state index contributed by atoms with van der Waals surface area (Å²) in [4.78, 5) is 2.29. The van der Waals surface area contributed by atoms with Gasteiger partial charge in [-0.25, -0.2) is 0 Å². The fourth-order valence-electron chi connectivity index (χ4n) is 2.87. The number of hydrazone groups is 1. The van der Waals surface area contributed by atoms with Crippen LogP contribution in [-0.2, 0) is 12.7 Å². The van der Waals surface area contributed by atoms with Gasteiger partial charge in [-0.3, -0.25) is 9.91 Å². The van der Waals surface area contributed by atoms with Crippen LogP contribution in [-0.4, -0.2) is 42.3 Å². The molecule has 1 fully saturated rings. The van der Waals surface area contributed by atoms with Gasteiger partial charge in [0.15, 0.2) is 0 Å². The minimum Gasteiger partial charge on any atom is -1.00 e. The summed E-state index contributed by atoms with van der Waals surface area (Å²) in [6, 6.07) is 13.2. The molecule has 2 aromatic rings. The summed E-state index contributed by atoms with van der Waals surface area (Å²) in [5.41, 5.74) is 0.610. The van der Waals surface area contributed by atoms with Crippen molar-refractivity contribution in [3.8, 4) is 0 Å². The summed E-state index contributed by atoms with van der Waals surface area (Å²) >= 11 is 5.89. The molecule has 3 nitrogen and oxygen atoms in total. The molecule has 0 atom stereocenters. The van der Waals surface area contributed by atoms with Crippen molar-refractivity contribution in [3.63, 3.8) is 0 Å². The summed E-state index contributed by atoms with van der Waals surface area (Å²) in [6.45, 7) is 3.80. The highest BCUT2D eigenvalue weighted by molar-refractivity contribution is 6.30. The van der Waals surface area contributed by atoms with Crippen LogP contribution in [0.3, 0.4) is 0 Å².